The Kier molecular flexibility index (Phi) is 6.52. The molecule has 0 bridgehead atoms. The van der Waals surface area contributed by atoms with Gasteiger partial charge in [-0.25, -0.2) is 18.5 Å². The second kappa shape index (κ2) is 9.24. The first-order chi connectivity index (χ1) is 16.0. The Morgan fingerprint density at radius 1 is 1.35 bits per heavy atom. The highest BCUT2D eigenvalue weighted by atomic mass is 32.2. The molecular formula is C22H32N8O3S. The zero-order chi connectivity index (χ0) is 24.5. The summed E-state index contributed by atoms with van der Waals surface area (Å²) in [6.45, 7) is 7.51. The Morgan fingerprint density at radius 3 is 2.88 bits per heavy atom. The normalized spacial score (nSPS) is 20.2. The van der Waals surface area contributed by atoms with Gasteiger partial charge in [0.15, 0.2) is 11.6 Å². The summed E-state index contributed by atoms with van der Waals surface area (Å²) in [5.74, 6) is 1.80. The van der Waals surface area contributed by atoms with Gasteiger partial charge in [-0.05, 0) is 46.1 Å². The lowest BCUT2D eigenvalue weighted by atomic mass is 10.0. The van der Waals surface area contributed by atoms with E-state index in [0.29, 0.717) is 22.8 Å². The molecule has 3 aromatic heterocycles. The zero-order valence-corrected chi connectivity index (χ0v) is 20.7. The van der Waals surface area contributed by atoms with Crippen molar-refractivity contribution in [3.05, 3.63) is 35.9 Å². The van der Waals surface area contributed by atoms with Gasteiger partial charge in [-0.1, -0.05) is 6.92 Å². The van der Waals surface area contributed by atoms with Crippen LogP contribution in [0.3, 0.4) is 0 Å². The lowest BCUT2D eigenvalue weighted by Gasteiger charge is -2.22. The number of aromatic nitrogens is 5. The first-order valence-corrected chi connectivity index (χ1v) is 13.3. The number of fused-ring (bicyclic) bond motifs is 1. The van der Waals surface area contributed by atoms with E-state index in [0.717, 1.165) is 25.0 Å². The van der Waals surface area contributed by atoms with Gasteiger partial charge in [0.1, 0.15) is 11.6 Å². The molecule has 1 aliphatic rings. The molecule has 1 unspecified atom stereocenters. The van der Waals surface area contributed by atoms with E-state index in [1.165, 1.54) is 0 Å². The lowest BCUT2D eigenvalue weighted by Crippen LogP contribution is -2.42. The summed E-state index contributed by atoms with van der Waals surface area (Å²) < 4.78 is 27.3. The van der Waals surface area contributed by atoms with Crippen LogP contribution < -0.4 is 10.6 Å². The average Bonchev–Trinajstić information content (AvgIpc) is 3.46. The summed E-state index contributed by atoms with van der Waals surface area (Å²) in [5, 5.41) is 18.0. The predicted octanol–water partition coefficient (Wildman–Crippen LogP) is 3.92. The number of nitrogens with one attached hydrogen (secondary N) is 4. The number of aromatic amines is 1. The third-order valence-corrected chi connectivity index (χ3v) is 7.40. The number of anilines is 2. The molecule has 0 aromatic carbocycles. The SMILES string of the molecule is CCS(=N)(=O)Cc1cc2c(Nc3cc([C@H]4CC[C@@H](OC(=O)NC(C)(C)C)C4)[nH]n3)nccn2n1. The number of H-pyrrole nitrogens is 1. The number of hydrogen-bond donors (Lipinski definition) is 4. The minimum Gasteiger partial charge on any atom is -0.446 e. The van der Waals surface area contributed by atoms with Crippen LogP contribution in [0.1, 0.15) is 64.3 Å². The first kappa shape index (κ1) is 24.0. The summed E-state index contributed by atoms with van der Waals surface area (Å²) in [6, 6.07) is 3.74. The van der Waals surface area contributed by atoms with Crippen molar-refractivity contribution in [3.63, 3.8) is 0 Å². The molecule has 3 atom stereocenters. The van der Waals surface area contributed by atoms with Gasteiger partial charge < -0.3 is 15.4 Å². The fourth-order valence-electron chi connectivity index (χ4n) is 4.03. The van der Waals surface area contributed by atoms with E-state index in [9.17, 15) is 9.00 Å². The van der Waals surface area contributed by atoms with Crippen molar-refractivity contribution < 1.29 is 13.7 Å². The molecule has 1 amide bonds. The van der Waals surface area contributed by atoms with Gasteiger partial charge in [-0.2, -0.15) is 10.2 Å². The van der Waals surface area contributed by atoms with Crippen molar-refractivity contribution >= 4 is 33.0 Å². The van der Waals surface area contributed by atoms with Gasteiger partial charge in [0.25, 0.3) is 0 Å². The number of hydrogen-bond acceptors (Lipinski definition) is 8. The highest BCUT2D eigenvalue weighted by molar-refractivity contribution is 7.91. The van der Waals surface area contributed by atoms with Crippen LogP contribution in [0.5, 0.6) is 0 Å². The van der Waals surface area contributed by atoms with E-state index in [2.05, 4.69) is 30.9 Å². The molecule has 0 radical (unpaired) electrons. The monoisotopic (exact) mass is 488 g/mol. The number of rotatable bonds is 7. The zero-order valence-electron chi connectivity index (χ0n) is 19.9. The summed E-state index contributed by atoms with van der Waals surface area (Å²) in [6.07, 6.45) is 5.28. The topological polar surface area (TPSA) is 150 Å². The molecule has 1 aliphatic carbocycles. The second-order valence-electron chi connectivity index (χ2n) is 9.73. The first-order valence-electron chi connectivity index (χ1n) is 11.4. The maximum Gasteiger partial charge on any atom is 0.407 e. The summed E-state index contributed by atoms with van der Waals surface area (Å²) in [4.78, 5) is 16.5. The van der Waals surface area contributed by atoms with Gasteiger partial charge in [-0.15, -0.1) is 0 Å². The standard InChI is InChI=1S/C22H32N8O3S/c1-5-34(23,32)13-15-11-18-20(24-8-9-30(18)29-15)25-19-12-17(27-28-19)14-6-7-16(10-14)33-21(31)26-22(2,3)4/h8-9,11-12,14,16,23H,5-7,10,13H2,1-4H3,(H,26,31)(H2,24,25,27,28)/t14-,16+,34?/m0/s1. The number of amides is 1. The van der Waals surface area contributed by atoms with Crippen molar-refractivity contribution in [2.24, 2.45) is 0 Å². The van der Waals surface area contributed by atoms with Crippen molar-refractivity contribution in [3.8, 4) is 0 Å². The van der Waals surface area contributed by atoms with Gasteiger partial charge in [0, 0.05) is 51.1 Å². The van der Waals surface area contributed by atoms with Crippen molar-refractivity contribution in [2.75, 3.05) is 11.1 Å². The van der Waals surface area contributed by atoms with Crippen LogP contribution in [0.2, 0.25) is 0 Å². The van der Waals surface area contributed by atoms with E-state index in [1.54, 1.807) is 29.9 Å². The quantitative estimate of drug-likeness (QED) is 0.393. The van der Waals surface area contributed by atoms with E-state index >= 15 is 0 Å². The summed E-state index contributed by atoms with van der Waals surface area (Å²) in [5.41, 5.74) is 1.95. The maximum atomic E-state index is 12.2. The van der Waals surface area contributed by atoms with Gasteiger partial charge in [0.05, 0.1) is 11.4 Å². The number of ether oxygens (including phenoxy) is 1. The van der Waals surface area contributed by atoms with E-state index < -0.39 is 9.73 Å². The molecular weight excluding hydrogens is 456 g/mol. The minimum atomic E-state index is -2.69. The molecule has 0 saturated heterocycles. The molecule has 1 saturated carbocycles. The van der Waals surface area contributed by atoms with Crippen molar-refractivity contribution in [1.82, 2.24) is 30.1 Å². The predicted molar refractivity (Wildman–Crippen MR) is 130 cm³/mol. The van der Waals surface area contributed by atoms with E-state index in [1.807, 2.05) is 26.8 Å². The number of alkyl carbamates (subject to hydrolysis) is 1. The highest BCUT2D eigenvalue weighted by Crippen LogP contribution is 2.36. The summed E-state index contributed by atoms with van der Waals surface area (Å²) in [7, 11) is -2.69. The van der Waals surface area contributed by atoms with Crippen LogP contribution in [0.4, 0.5) is 16.4 Å². The van der Waals surface area contributed by atoms with Gasteiger partial charge in [-0.3, -0.25) is 9.88 Å². The highest BCUT2D eigenvalue weighted by Gasteiger charge is 2.30. The fourth-order valence-corrected chi connectivity index (χ4v) is 4.85. The number of carbonyl (C=O) groups is 1. The van der Waals surface area contributed by atoms with Crippen molar-refractivity contribution in [1.29, 1.82) is 4.78 Å². The van der Waals surface area contributed by atoms with Crippen LogP contribution in [-0.2, 0) is 20.2 Å². The van der Waals surface area contributed by atoms with E-state index in [4.69, 9.17) is 9.52 Å². The van der Waals surface area contributed by atoms with Gasteiger partial charge >= 0.3 is 6.09 Å². The number of nitrogens with zero attached hydrogens (tertiary/aromatic N) is 4. The largest absolute Gasteiger partial charge is 0.446 e. The fraction of sp³-hybridized carbons (Fsp3) is 0.545. The molecule has 12 heteroatoms. The molecule has 4 N–H and O–H groups in total. The molecule has 11 nitrogen and oxygen atoms in total. The van der Waals surface area contributed by atoms with Crippen LogP contribution in [-0.4, -0.2) is 52.5 Å². The molecule has 0 spiro atoms. The van der Waals surface area contributed by atoms with Crippen LogP contribution in [0.15, 0.2) is 24.5 Å². The van der Waals surface area contributed by atoms with E-state index in [-0.39, 0.29) is 35.2 Å². The molecule has 184 valence electrons. The van der Waals surface area contributed by atoms with Crippen LogP contribution in [0.25, 0.3) is 5.52 Å². The Morgan fingerprint density at radius 2 is 2.15 bits per heavy atom. The minimum absolute atomic E-state index is 0.107. The molecule has 4 rings (SSSR count). The smallest absolute Gasteiger partial charge is 0.407 e. The van der Waals surface area contributed by atoms with Crippen LogP contribution in [0, 0.1) is 4.78 Å². The molecule has 1 fully saturated rings. The molecule has 0 aliphatic heterocycles. The second-order valence-corrected chi connectivity index (χ2v) is 12.2. The van der Waals surface area contributed by atoms with Gasteiger partial charge in [0.2, 0.25) is 0 Å². The maximum absolute atomic E-state index is 12.2. The van der Waals surface area contributed by atoms with Crippen LogP contribution >= 0.6 is 0 Å². The lowest BCUT2D eigenvalue weighted by molar-refractivity contribution is 0.0936. The van der Waals surface area contributed by atoms with Crippen molar-refractivity contribution in [2.45, 2.75) is 70.3 Å². The average molecular weight is 489 g/mol. The Balaban J connectivity index is 1.41. The Labute approximate surface area is 199 Å². The molecule has 3 heterocycles. The third kappa shape index (κ3) is 5.85. The Bertz CT molecular complexity index is 1270. The Hall–Kier alpha value is -3.15. The number of carbonyl (C=O) groups excluding carboxylic acids is 1. The molecule has 3 aromatic rings. The molecule has 34 heavy (non-hydrogen) atoms. The summed E-state index contributed by atoms with van der Waals surface area (Å²) >= 11 is 0. The third-order valence-electron chi connectivity index (χ3n) is 5.71.